The number of rotatable bonds is 5. The molecule has 2 N–H and O–H groups in total. The Kier molecular flexibility index (Phi) is 5.71. The summed E-state index contributed by atoms with van der Waals surface area (Å²) in [5.41, 5.74) is 5.98. The Bertz CT molecular complexity index is 436. The smallest absolute Gasteiger partial charge is 0.129 e. The second-order valence-corrected chi connectivity index (χ2v) is 5.92. The molecule has 0 radical (unpaired) electrons. The van der Waals surface area contributed by atoms with E-state index in [1.165, 1.54) is 31.0 Å². The Morgan fingerprint density at radius 2 is 1.71 bits per heavy atom. The van der Waals surface area contributed by atoms with Crippen LogP contribution in [0.1, 0.15) is 51.0 Å². The van der Waals surface area contributed by atoms with E-state index in [0.717, 1.165) is 25.7 Å². The SMILES string of the molecule is CCOC1(C(N)Cc2c(F)cccc2F)CCCCCC1. The van der Waals surface area contributed by atoms with Crippen molar-refractivity contribution >= 4 is 0 Å². The summed E-state index contributed by atoms with van der Waals surface area (Å²) >= 11 is 0. The first-order chi connectivity index (χ1) is 10.1. The number of ether oxygens (including phenoxy) is 1. The van der Waals surface area contributed by atoms with Crippen LogP contribution < -0.4 is 5.73 Å². The van der Waals surface area contributed by atoms with Gasteiger partial charge in [-0.05, 0) is 38.3 Å². The summed E-state index contributed by atoms with van der Waals surface area (Å²) in [5.74, 6) is -1.04. The second kappa shape index (κ2) is 7.32. The van der Waals surface area contributed by atoms with Crippen LogP contribution in [0.5, 0.6) is 0 Å². The summed E-state index contributed by atoms with van der Waals surface area (Å²) in [6.45, 7) is 2.52. The fourth-order valence-corrected chi connectivity index (χ4v) is 3.37. The van der Waals surface area contributed by atoms with Gasteiger partial charge < -0.3 is 10.5 Å². The highest BCUT2D eigenvalue weighted by Gasteiger charge is 2.38. The standard InChI is InChI=1S/C17H25F2NO/c1-2-21-17(10-5-3-4-6-11-17)16(20)12-13-14(18)8-7-9-15(13)19/h7-9,16H,2-6,10-12,20H2,1H3. The van der Waals surface area contributed by atoms with Gasteiger partial charge in [0.2, 0.25) is 0 Å². The molecule has 118 valence electrons. The lowest BCUT2D eigenvalue weighted by atomic mass is 9.83. The lowest BCUT2D eigenvalue weighted by Crippen LogP contribution is -2.51. The van der Waals surface area contributed by atoms with Crippen molar-refractivity contribution in [1.82, 2.24) is 0 Å². The topological polar surface area (TPSA) is 35.2 Å². The van der Waals surface area contributed by atoms with E-state index in [9.17, 15) is 8.78 Å². The molecule has 1 aliphatic rings. The van der Waals surface area contributed by atoms with Gasteiger partial charge in [-0.3, -0.25) is 0 Å². The Labute approximate surface area is 125 Å². The van der Waals surface area contributed by atoms with E-state index in [2.05, 4.69) is 0 Å². The van der Waals surface area contributed by atoms with Crippen molar-refractivity contribution in [3.8, 4) is 0 Å². The lowest BCUT2D eigenvalue weighted by Gasteiger charge is -2.38. The summed E-state index contributed by atoms with van der Waals surface area (Å²) in [6, 6.07) is 3.56. The fourth-order valence-electron chi connectivity index (χ4n) is 3.37. The number of hydrogen-bond acceptors (Lipinski definition) is 2. The van der Waals surface area contributed by atoms with E-state index < -0.39 is 17.2 Å². The van der Waals surface area contributed by atoms with E-state index in [1.54, 1.807) is 0 Å². The summed E-state index contributed by atoms with van der Waals surface area (Å²) < 4.78 is 33.7. The molecule has 0 heterocycles. The van der Waals surface area contributed by atoms with Crippen LogP contribution in [0.25, 0.3) is 0 Å². The molecule has 0 aromatic heterocycles. The van der Waals surface area contributed by atoms with Crippen molar-refractivity contribution in [3.63, 3.8) is 0 Å². The molecule has 1 fully saturated rings. The molecule has 21 heavy (non-hydrogen) atoms. The highest BCUT2D eigenvalue weighted by Crippen LogP contribution is 2.34. The van der Waals surface area contributed by atoms with Crippen LogP contribution in [0.15, 0.2) is 18.2 Å². The number of benzene rings is 1. The largest absolute Gasteiger partial charge is 0.374 e. The number of halogens is 2. The molecule has 1 unspecified atom stereocenters. The summed E-state index contributed by atoms with van der Waals surface area (Å²) in [4.78, 5) is 0. The van der Waals surface area contributed by atoms with Gasteiger partial charge >= 0.3 is 0 Å². The van der Waals surface area contributed by atoms with Crippen LogP contribution in [0.4, 0.5) is 8.78 Å². The molecule has 2 nitrogen and oxygen atoms in total. The second-order valence-electron chi connectivity index (χ2n) is 5.92. The molecule has 0 amide bonds. The molecular formula is C17H25F2NO. The predicted octanol–water partition coefficient (Wildman–Crippen LogP) is 3.96. The monoisotopic (exact) mass is 297 g/mol. The van der Waals surface area contributed by atoms with Crippen LogP contribution in [0, 0.1) is 11.6 Å². The van der Waals surface area contributed by atoms with Gasteiger partial charge in [-0.25, -0.2) is 8.78 Å². The molecule has 2 rings (SSSR count). The Morgan fingerprint density at radius 1 is 1.14 bits per heavy atom. The zero-order valence-electron chi connectivity index (χ0n) is 12.7. The summed E-state index contributed by atoms with van der Waals surface area (Å²) in [7, 11) is 0. The van der Waals surface area contributed by atoms with Gasteiger partial charge in [0.05, 0.1) is 5.60 Å². The van der Waals surface area contributed by atoms with E-state index in [0.29, 0.717) is 6.61 Å². The molecule has 1 saturated carbocycles. The quantitative estimate of drug-likeness (QED) is 0.835. The number of nitrogens with two attached hydrogens (primary N) is 1. The first-order valence-corrected chi connectivity index (χ1v) is 7.91. The minimum absolute atomic E-state index is 0.0772. The highest BCUT2D eigenvalue weighted by atomic mass is 19.1. The summed E-state index contributed by atoms with van der Waals surface area (Å²) in [6.07, 6.45) is 6.40. The normalized spacial score (nSPS) is 20.0. The van der Waals surface area contributed by atoms with E-state index in [1.807, 2.05) is 6.92 Å². The average Bonchev–Trinajstić information content (AvgIpc) is 2.70. The third kappa shape index (κ3) is 3.80. The number of hydrogen-bond donors (Lipinski definition) is 1. The van der Waals surface area contributed by atoms with Crippen LogP contribution in [-0.4, -0.2) is 18.2 Å². The molecule has 4 heteroatoms. The van der Waals surface area contributed by atoms with Gasteiger partial charge in [-0.15, -0.1) is 0 Å². The van der Waals surface area contributed by atoms with Crippen molar-refractivity contribution in [2.24, 2.45) is 5.73 Å². The van der Waals surface area contributed by atoms with Gasteiger partial charge in [0, 0.05) is 18.2 Å². The van der Waals surface area contributed by atoms with Crippen molar-refractivity contribution in [2.75, 3.05) is 6.61 Å². The molecule has 0 aliphatic heterocycles. The first kappa shape index (κ1) is 16.4. The maximum atomic E-state index is 13.8. The molecule has 0 bridgehead atoms. The maximum Gasteiger partial charge on any atom is 0.129 e. The molecule has 1 atom stereocenters. The van der Waals surface area contributed by atoms with Crippen molar-refractivity contribution in [3.05, 3.63) is 35.4 Å². The Morgan fingerprint density at radius 3 is 2.24 bits per heavy atom. The maximum absolute atomic E-state index is 13.8. The fraction of sp³-hybridized carbons (Fsp3) is 0.647. The van der Waals surface area contributed by atoms with E-state index in [-0.39, 0.29) is 18.0 Å². The molecule has 1 aliphatic carbocycles. The zero-order chi connectivity index (χ0) is 15.3. The predicted molar refractivity (Wildman–Crippen MR) is 80.1 cm³/mol. The lowest BCUT2D eigenvalue weighted by molar-refractivity contribution is -0.0685. The van der Waals surface area contributed by atoms with Crippen molar-refractivity contribution < 1.29 is 13.5 Å². The van der Waals surface area contributed by atoms with Crippen LogP contribution >= 0.6 is 0 Å². The van der Waals surface area contributed by atoms with Gasteiger partial charge in [0.1, 0.15) is 11.6 Å². The van der Waals surface area contributed by atoms with Gasteiger partial charge in [-0.1, -0.05) is 31.7 Å². The van der Waals surface area contributed by atoms with Crippen LogP contribution in [0.3, 0.4) is 0 Å². The molecular weight excluding hydrogens is 272 g/mol. The van der Waals surface area contributed by atoms with Crippen LogP contribution in [-0.2, 0) is 11.2 Å². The molecule has 1 aromatic rings. The minimum Gasteiger partial charge on any atom is -0.374 e. The molecule has 0 spiro atoms. The van der Waals surface area contributed by atoms with Gasteiger partial charge in [0.15, 0.2) is 0 Å². The van der Waals surface area contributed by atoms with Crippen molar-refractivity contribution in [1.29, 1.82) is 0 Å². The highest BCUT2D eigenvalue weighted by molar-refractivity contribution is 5.21. The van der Waals surface area contributed by atoms with Gasteiger partial charge in [-0.2, -0.15) is 0 Å². The molecule has 1 aromatic carbocycles. The third-order valence-electron chi connectivity index (χ3n) is 4.54. The van der Waals surface area contributed by atoms with Gasteiger partial charge in [0.25, 0.3) is 0 Å². The third-order valence-corrected chi connectivity index (χ3v) is 4.54. The van der Waals surface area contributed by atoms with E-state index >= 15 is 0 Å². The van der Waals surface area contributed by atoms with E-state index in [4.69, 9.17) is 10.5 Å². The Balaban J connectivity index is 2.20. The minimum atomic E-state index is -0.522. The van der Waals surface area contributed by atoms with Crippen molar-refractivity contribution in [2.45, 2.75) is 63.5 Å². The van der Waals surface area contributed by atoms with Crippen LogP contribution in [0.2, 0.25) is 0 Å². The Hall–Kier alpha value is -1.00. The molecule has 0 saturated heterocycles. The average molecular weight is 297 g/mol. The first-order valence-electron chi connectivity index (χ1n) is 7.91. The summed E-state index contributed by atoms with van der Waals surface area (Å²) in [5, 5.41) is 0. The zero-order valence-corrected chi connectivity index (χ0v) is 12.7.